The van der Waals surface area contributed by atoms with E-state index < -0.39 is 0 Å². The molecule has 1 aliphatic rings. The van der Waals surface area contributed by atoms with Crippen LogP contribution in [-0.2, 0) is 5.75 Å². The number of rotatable bonds is 6. The third kappa shape index (κ3) is 5.64. The van der Waals surface area contributed by atoms with Gasteiger partial charge in [0.25, 0.3) is 5.91 Å². The number of amides is 1. The summed E-state index contributed by atoms with van der Waals surface area (Å²) in [7, 11) is 0. The van der Waals surface area contributed by atoms with Gasteiger partial charge in [-0.2, -0.15) is 0 Å². The second-order valence-corrected chi connectivity index (χ2v) is 10.1. The molecule has 1 amide bonds. The number of benzene rings is 2. The molecule has 4 aromatic rings. The second kappa shape index (κ2) is 10.7. The van der Waals surface area contributed by atoms with Gasteiger partial charge in [-0.1, -0.05) is 34.7 Å². The summed E-state index contributed by atoms with van der Waals surface area (Å²) in [5, 5.41) is 9.36. The van der Waals surface area contributed by atoms with Gasteiger partial charge in [-0.3, -0.25) is 4.79 Å². The number of carbonyl (C=O) groups is 1. The summed E-state index contributed by atoms with van der Waals surface area (Å²) in [6.07, 6.45) is 0. The zero-order valence-corrected chi connectivity index (χ0v) is 21.9. The number of hydrogen-bond acceptors (Lipinski definition) is 7. The summed E-state index contributed by atoms with van der Waals surface area (Å²) in [6, 6.07) is 16.4. The van der Waals surface area contributed by atoms with Crippen molar-refractivity contribution in [1.29, 1.82) is 0 Å². The molecule has 1 saturated heterocycles. The quantitative estimate of drug-likeness (QED) is 0.277. The molecule has 1 fully saturated rings. The van der Waals surface area contributed by atoms with Crippen LogP contribution < -0.4 is 4.90 Å². The average molecular weight is 518 g/mol. The minimum atomic E-state index is -0.258. The lowest BCUT2D eigenvalue weighted by Crippen LogP contribution is -2.49. The fourth-order valence-electron chi connectivity index (χ4n) is 4.35. The Bertz CT molecular complexity index is 1380. The summed E-state index contributed by atoms with van der Waals surface area (Å²) < 4.78 is 15.0. The highest BCUT2D eigenvalue weighted by molar-refractivity contribution is 7.98. The Labute approximate surface area is 219 Å². The molecule has 0 radical (unpaired) electrons. The van der Waals surface area contributed by atoms with Gasteiger partial charge in [0.2, 0.25) is 0 Å². The minimum absolute atomic E-state index is 0.144. The predicted molar refractivity (Wildman–Crippen MR) is 142 cm³/mol. The van der Waals surface area contributed by atoms with Gasteiger partial charge in [0.1, 0.15) is 5.82 Å². The average Bonchev–Trinajstić information content (AvgIpc) is 3.31. The van der Waals surface area contributed by atoms with Crippen molar-refractivity contribution < 1.29 is 9.18 Å². The summed E-state index contributed by atoms with van der Waals surface area (Å²) in [6.45, 7) is 8.31. The molecule has 10 heteroatoms. The van der Waals surface area contributed by atoms with E-state index in [1.54, 1.807) is 16.8 Å². The Kier molecular flexibility index (Phi) is 7.18. The number of piperazine rings is 1. The van der Waals surface area contributed by atoms with Gasteiger partial charge in [-0.05, 0) is 63.2 Å². The monoisotopic (exact) mass is 517 g/mol. The standard InChI is InChI=1S/C27H28FN7OS/c1-18-4-8-23(9-5-18)35-24(17-37-27-29-19(2)16-20(3)30-27)25(31-32-35)26(36)34-14-12-33(13-15-34)22-10-6-21(28)7-11-22/h4-11,16H,12-15,17H2,1-3H3. The largest absolute Gasteiger partial charge is 0.368 e. The lowest BCUT2D eigenvalue weighted by Gasteiger charge is -2.35. The molecule has 1 aliphatic heterocycles. The molecule has 8 nitrogen and oxygen atoms in total. The number of hydrogen-bond donors (Lipinski definition) is 0. The van der Waals surface area contributed by atoms with Gasteiger partial charge in [0.05, 0.1) is 11.4 Å². The number of aromatic nitrogens is 5. The van der Waals surface area contributed by atoms with Crippen LogP contribution in [0.5, 0.6) is 0 Å². The fourth-order valence-corrected chi connectivity index (χ4v) is 5.29. The third-order valence-corrected chi connectivity index (χ3v) is 7.16. The maximum atomic E-state index is 13.6. The van der Waals surface area contributed by atoms with Crippen molar-refractivity contribution in [3.05, 3.63) is 88.8 Å². The molecule has 190 valence electrons. The Morgan fingerprint density at radius 3 is 2.16 bits per heavy atom. The van der Waals surface area contributed by atoms with Crippen LogP contribution >= 0.6 is 11.8 Å². The highest BCUT2D eigenvalue weighted by Gasteiger charge is 2.28. The molecule has 3 heterocycles. The van der Waals surface area contributed by atoms with E-state index in [9.17, 15) is 9.18 Å². The molecular weight excluding hydrogens is 489 g/mol. The third-order valence-electron chi connectivity index (χ3n) is 6.30. The van der Waals surface area contributed by atoms with Crippen LogP contribution in [0.3, 0.4) is 0 Å². The molecule has 0 unspecified atom stereocenters. The van der Waals surface area contributed by atoms with Crippen LogP contribution in [0.2, 0.25) is 0 Å². The van der Waals surface area contributed by atoms with Gasteiger partial charge in [0.15, 0.2) is 10.9 Å². The first kappa shape index (κ1) is 24.9. The van der Waals surface area contributed by atoms with Crippen molar-refractivity contribution in [1.82, 2.24) is 29.9 Å². The lowest BCUT2D eigenvalue weighted by atomic mass is 10.2. The molecule has 0 bridgehead atoms. The summed E-state index contributed by atoms with van der Waals surface area (Å²) in [4.78, 5) is 26.7. The van der Waals surface area contributed by atoms with E-state index in [0.717, 1.165) is 28.3 Å². The van der Waals surface area contributed by atoms with Gasteiger partial charge < -0.3 is 9.80 Å². The number of thioether (sulfide) groups is 1. The van der Waals surface area contributed by atoms with Crippen LogP contribution in [0.1, 0.15) is 33.1 Å². The molecule has 2 aromatic heterocycles. The van der Waals surface area contributed by atoms with E-state index in [0.29, 0.717) is 48.5 Å². The molecule has 2 aromatic carbocycles. The van der Waals surface area contributed by atoms with Crippen LogP contribution in [0.25, 0.3) is 5.69 Å². The van der Waals surface area contributed by atoms with Crippen molar-refractivity contribution in [3.63, 3.8) is 0 Å². The van der Waals surface area contributed by atoms with Crippen molar-refractivity contribution in [3.8, 4) is 5.69 Å². The van der Waals surface area contributed by atoms with Crippen LogP contribution in [0.15, 0.2) is 59.8 Å². The minimum Gasteiger partial charge on any atom is -0.368 e. The molecular formula is C27H28FN7OS. The molecule has 0 saturated carbocycles. The van der Waals surface area contributed by atoms with Gasteiger partial charge in [-0.15, -0.1) is 5.10 Å². The van der Waals surface area contributed by atoms with Crippen molar-refractivity contribution in [2.24, 2.45) is 0 Å². The van der Waals surface area contributed by atoms with Gasteiger partial charge in [0, 0.05) is 49.0 Å². The number of nitrogens with zero attached hydrogens (tertiary/aromatic N) is 7. The molecule has 5 rings (SSSR count). The van der Waals surface area contributed by atoms with Crippen molar-refractivity contribution in [2.75, 3.05) is 31.1 Å². The first-order valence-corrected chi connectivity index (χ1v) is 13.1. The Hall–Kier alpha value is -3.79. The van der Waals surface area contributed by atoms with E-state index >= 15 is 0 Å². The molecule has 0 aliphatic carbocycles. The SMILES string of the molecule is Cc1ccc(-n2nnc(C(=O)N3CCN(c4ccc(F)cc4)CC3)c2CSc2nc(C)cc(C)n2)cc1. The predicted octanol–water partition coefficient (Wildman–Crippen LogP) is 4.38. The van der Waals surface area contributed by atoms with E-state index in [4.69, 9.17) is 0 Å². The normalized spacial score (nSPS) is 13.7. The molecule has 0 N–H and O–H groups in total. The Morgan fingerprint density at radius 2 is 1.51 bits per heavy atom. The molecule has 0 spiro atoms. The Morgan fingerprint density at radius 1 is 0.892 bits per heavy atom. The molecule has 0 atom stereocenters. The van der Waals surface area contributed by atoms with Crippen LogP contribution in [-0.4, -0.2) is 61.9 Å². The highest BCUT2D eigenvalue weighted by Crippen LogP contribution is 2.25. The van der Waals surface area contributed by atoms with E-state index in [2.05, 4.69) is 25.2 Å². The zero-order valence-electron chi connectivity index (χ0n) is 21.1. The first-order chi connectivity index (χ1) is 17.9. The maximum Gasteiger partial charge on any atom is 0.276 e. The number of halogens is 1. The van der Waals surface area contributed by atoms with Crippen LogP contribution in [0.4, 0.5) is 10.1 Å². The van der Waals surface area contributed by atoms with Crippen molar-refractivity contribution >= 4 is 23.4 Å². The summed E-state index contributed by atoms with van der Waals surface area (Å²) >= 11 is 1.46. The highest BCUT2D eigenvalue weighted by atomic mass is 32.2. The van der Waals surface area contributed by atoms with E-state index in [1.807, 2.05) is 56.0 Å². The van der Waals surface area contributed by atoms with E-state index in [1.165, 1.54) is 23.9 Å². The smallest absolute Gasteiger partial charge is 0.276 e. The molecule has 37 heavy (non-hydrogen) atoms. The topological polar surface area (TPSA) is 80.0 Å². The van der Waals surface area contributed by atoms with Crippen molar-refractivity contribution in [2.45, 2.75) is 31.7 Å². The first-order valence-electron chi connectivity index (χ1n) is 12.1. The maximum absolute atomic E-state index is 13.6. The fraction of sp³-hybridized carbons (Fsp3) is 0.296. The summed E-state index contributed by atoms with van der Waals surface area (Å²) in [5.74, 6) is 0.0420. The number of aryl methyl sites for hydroxylation is 3. The zero-order chi connectivity index (χ0) is 25.9. The lowest BCUT2D eigenvalue weighted by molar-refractivity contribution is 0.0740. The number of anilines is 1. The summed E-state index contributed by atoms with van der Waals surface area (Å²) in [5.41, 5.74) is 5.78. The van der Waals surface area contributed by atoms with Gasteiger partial charge in [-0.25, -0.2) is 19.0 Å². The Balaban J connectivity index is 1.38. The second-order valence-electron chi connectivity index (χ2n) is 9.11. The van der Waals surface area contributed by atoms with Gasteiger partial charge >= 0.3 is 0 Å². The number of carbonyl (C=O) groups excluding carboxylic acids is 1. The van der Waals surface area contributed by atoms with Crippen LogP contribution in [0, 0.1) is 26.6 Å². The van der Waals surface area contributed by atoms with E-state index in [-0.39, 0.29) is 11.7 Å².